The highest BCUT2D eigenvalue weighted by atomic mass is 16.2. The number of piperidine rings is 1. The molecule has 1 atom stereocenters. The van der Waals surface area contributed by atoms with E-state index >= 15 is 0 Å². The van der Waals surface area contributed by atoms with E-state index in [2.05, 4.69) is 11.8 Å². The van der Waals surface area contributed by atoms with Crippen LogP contribution in [0.5, 0.6) is 0 Å². The normalized spacial score (nSPS) is 28.3. The molecule has 1 aliphatic carbocycles. The summed E-state index contributed by atoms with van der Waals surface area (Å²) in [5.41, 5.74) is 0. The van der Waals surface area contributed by atoms with Crippen molar-refractivity contribution in [1.82, 2.24) is 4.90 Å². The zero-order valence-corrected chi connectivity index (χ0v) is 9.87. The van der Waals surface area contributed by atoms with Gasteiger partial charge >= 0.3 is 0 Å². The minimum atomic E-state index is 0.372. The predicted molar refractivity (Wildman–Crippen MR) is 61.6 cm³/mol. The molecule has 86 valence electrons. The average molecular weight is 209 g/mol. The molecule has 0 aromatic carbocycles. The fourth-order valence-corrected chi connectivity index (χ4v) is 3.12. The number of amides is 1. The zero-order chi connectivity index (χ0) is 10.7. The summed E-state index contributed by atoms with van der Waals surface area (Å²) in [6.07, 6.45) is 9.72. The third-order valence-corrected chi connectivity index (χ3v) is 4.09. The van der Waals surface area contributed by atoms with E-state index in [1.807, 2.05) is 0 Å². The Kier molecular flexibility index (Phi) is 3.66. The first-order valence-corrected chi connectivity index (χ1v) is 6.63. The molecular weight excluding hydrogens is 186 g/mol. The molecule has 1 heterocycles. The maximum absolute atomic E-state index is 12.3. The summed E-state index contributed by atoms with van der Waals surface area (Å²) in [4.78, 5) is 14.5. The molecule has 0 N–H and O–H groups in total. The van der Waals surface area contributed by atoms with E-state index in [4.69, 9.17) is 0 Å². The number of nitrogens with zero attached hydrogens (tertiary/aromatic N) is 1. The third-order valence-electron chi connectivity index (χ3n) is 4.09. The van der Waals surface area contributed by atoms with Crippen molar-refractivity contribution in [2.24, 2.45) is 5.92 Å². The largest absolute Gasteiger partial charge is 0.339 e. The Morgan fingerprint density at radius 1 is 1.13 bits per heavy atom. The molecule has 0 aromatic heterocycles. The van der Waals surface area contributed by atoms with Crippen LogP contribution in [0.15, 0.2) is 0 Å². The smallest absolute Gasteiger partial charge is 0.225 e. The van der Waals surface area contributed by atoms with E-state index in [0.29, 0.717) is 17.9 Å². The van der Waals surface area contributed by atoms with E-state index in [1.54, 1.807) is 0 Å². The van der Waals surface area contributed by atoms with Gasteiger partial charge in [-0.3, -0.25) is 4.79 Å². The average Bonchev–Trinajstić information content (AvgIpc) is 2.81. The van der Waals surface area contributed by atoms with E-state index in [9.17, 15) is 4.79 Å². The summed E-state index contributed by atoms with van der Waals surface area (Å²) in [5, 5.41) is 0. The highest BCUT2D eigenvalue weighted by Crippen LogP contribution is 2.29. The fraction of sp³-hybridized carbons (Fsp3) is 0.923. The summed E-state index contributed by atoms with van der Waals surface area (Å²) in [5.74, 6) is 0.844. The first-order valence-electron chi connectivity index (χ1n) is 6.63. The molecule has 0 bridgehead atoms. The van der Waals surface area contributed by atoms with Gasteiger partial charge in [0.25, 0.3) is 0 Å². The van der Waals surface area contributed by atoms with Gasteiger partial charge < -0.3 is 4.90 Å². The quantitative estimate of drug-likeness (QED) is 0.684. The molecule has 1 saturated heterocycles. The molecule has 2 heteroatoms. The van der Waals surface area contributed by atoms with Gasteiger partial charge in [0.05, 0.1) is 0 Å². The number of carbonyl (C=O) groups excluding carboxylic acids is 1. The maximum atomic E-state index is 12.3. The van der Waals surface area contributed by atoms with Gasteiger partial charge in [-0.1, -0.05) is 19.8 Å². The van der Waals surface area contributed by atoms with Gasteiger partial charge in [-0.05, 0) is 38.5 Å². The van der Waals surface area contributed by atoms with Crippen LogP contribution in [-0.4, -0.2) is 23.4 Å². The molecule has 0 spiro atoms. The molecule has 1 saturated carbocycles. The van der Waals surface area contributed by atoms with Crippen LogP contribution >= 0.6 is 0 Å². The van der Waals surface area contributed by atoms with Crippen LogP contribution in [0.25, 0.3) is 0 Å². The molecule has 15 heavy (non-hydrogen) atoms. The molecular formula is C13H23NO. The van der Waals surface area contributed by atoms with Gasteiger partial charge in [0.15, 0.2) is 0 Å². The summed E-state index contributed by atoms with van der Waals surface area (Å²) in [7, 11) is 0. The standard InChI is InChI=1S/C13H23NO/c1-2-12-9-5-6-10-14(12)13(15)11-7-3-4-8-11/h11-12H,2-10H2,1H3/t12-/m0/s1. The monoisotopic (exact) mass is 209 g/mol. The van der Waals surface area contributed by atoms with Gasteiger partial charge in [-0.15, -0.1) is 0 Å². The van der Waals surface area contributed by atoms with Crippen molar-refractivity contribution in [3.8, 4) is 0 Å². The summed E-state index contributed by atoms with van der Waals surface area (Å²) in [6, 6.07) is 0.548. The molecule has 2 fully saturated rings. The van der Waals surface area contributed by atoms with Crippen LogP contribution in [0.3, 0.4) is 0 Å². The first kappa shape index (κ1) is 11.0. The number of likely N-dealkylation sites (tertiary alicyclic amines) is 1. The van der Waals surface area contributed by atoms with Gasteiger partial charge in [0.1, 0.15) is 0 Å². The third kappa shape index (κ3) is 2.35. The van der Waals surface area contributed by atoms with Crippen LogP contribution in [-0.2, 0) is 4.79 Å². The van der Waals surface area contributed by atoms with Crippen molar-refractivity contribution in [1.29, 1.82) is 0 Å². The Bertz CT molecular complexity index is 221. The lowest BCUT2D eigenvalue weighted by molar-refractivity contribution is -0.139. The SMILES string of the molecule is CC[C@H]1CCCCN1C(=O)C1CCCC1. The summed E-state index contributed by atoms with van der Waals surface area (Å²) in [6.45, 7) is 3.23. The minimum Gasteiger partial charge on any atom is -0.339 e. The Morgan fingerprint density at radius 3 is 2.47 bits per heavy atom. The molecule has 2 rings (SSSR count). The molecule has 0 unspecified atom stereocenters. The highest BCUT2D eigenvalue weighted by Gasteiger charge is 2.31. The first-order chi connectivity index (χ1) is 7.33. The zero-order valence-electron chi connectivity index (χ0n) is 9.87. The van der Waals surface area contributed by atoms with Gasteiger partial charge in [0.2, 0.25) is 5.91 Å². The van der Waals surface area contributed by atoms with Crippen molar-refractivity contribution in [3.63, 3.8) is 0 Å². The van der Waals surface area contributed by atoms with Gasteiger partial charge in [0, 0.05) is 18.5 Å². The molecule has 1 aliphatic heterocycles. The lowest BCUT2D eigenvalue weighted by atomic mass is 9.97. The van der Waals surface area contributed by atoms with E-state index in [-0.39, 0.29) is 0 Å². The van der Waals surface area contributed by atoms with Crippen LogP contribution < -0.4 is 0 Å². The molecule has 2 aliphatic rings. The second kappa shape index (κ2) is 5.00. The predicted octanol–water partition coefficient (Wildman–Crippen LogP) is 2.97. The van der Waals surface area contributed by atoms with Crippen molar-refractivity contribution < 1.29 is 4.79 Å². The van der Waals surface area contributed by atoms with E-state index in [0.717, 1.165) is 25.8 Å². The van der Waals surface area contributed by atoms with Crippen molar-refractivity contribution in [2.75, 3.05) is 6.54 Å². The number of hydrogen-bond acceptors (Lipinski definition) is 1. The molecule has 2 nitrogen and oxygen atoms in total. The summed E-state index contributed by atoms with van der Waals surface area (Å²) >= 11 is 0. The second-order valence-electron chi connectivity index (χ2n) is 5.07. The lowest BCUT2D eigenvalue weighted by Gasteiger charge is -2.37. The Labute approximate surface area is 93.0 Å². The second-order valence-corrected chi connectivity index (χ2v) is 5.07. The number of hydrogen-bond donors (Lipinski definition) is 0. The van der Waals surface area contributed by atoms with E-state index in [1.165, 1.54) is 32.1 Å². The minimum absolute atomic E-state index is 0.372. The van der Waals surface area contributed by atoms with Crippen LogP contribution in [0.4, 0.5) is 0 Å². The Morgan fingerprint density at radius 2 is 1.80 bits per heavy atom. The number of rotatable bonds is 2. The van der Waals surface area contributed by atoms with Crippen LogP contribution in [0.1, 0.15) is 58.3 Å². The summed E-state index contributed by atoms with van der Waals surface area (Å²) < 4.78 is 0. The molecule has 0 aromatic rings. The topological polar surface area (TPSA) is 20.3 Å². The maximum Gasteiger partial charge on any atom is 0.225 e. The molecule has 1 amide bonds. The van der Waals surface area contributed by atoms with Gasteiger partial charge in [-0.25, -0.2) is 0 Å². The van der Waals surface area contributed by atoms with Crippen molar-refractivity contribution >= 4 is 5.91 Å². The lowest BCUT2D eigenvalue weighted by Crippen LogP contribution is -2.45. The van der Waals surface area contributed by atoms with Gasteiger partial charge in [-0.2, -0.15) is 0 Å². The van der Waals surface area contributed by atoms with Crippen molar-refractivity contribution in [3.05, 3.63) is 0 Å². The Hall–Kier alpha value is -0.530. The van der Waals surface area contributed by atoms with Crippen molar-refractivity contribution in [2.45, 2.75) is 64.3 Å². The van der Waals surface area contributed by atoms with Crippen LogP contribution in [0.2, 0.25) is 0 Å². The Balaban J connectivity index is 1.96. The van der Waals surface area contributed by atoms with E-state index < -0.39 is 0 Å². The molecule has 0 radical (unpaired) electrons. The fourth-order valence-electron chi connectivity index (χ4n) is 3.12. The highest BCUT2D eigenvalue weighted by molar-refractivity contribution is 5.79. The van der Waals surface area contributed by atoms with Crippen LogP contribution in [0, 0.1) is 5.92 Å². The number of carbonyl (C=O) groups is 1.